The molecule has 4 rings (SSSR count). The highest BCUT2D eigenvalue weighted by molar-refractivity contribution is 5.96. The Morgan fingerprint density at radius 2 is 1.62 bits per heavy atom. The number of benzene rings is 2. The van der Waals surface area contributed by atoms with E-state index in [1.165, 1.54) is 10.6 Å². The van der Waals surface area contributed by atoms with Gasteiger partial charge in [-0.3, -0.25) is 19.3 Å². The van der Waals surface area contributed by atoms with Gasteiger partial charge < -0.3 is 24.8 Å². The van der Waals surface area contributed by atoms with Crippen LogP contribution in [0.25, 0.3) is 0 Å². The molecule has 0 aliphatic carbocycles. The van der Waals surface area contributed by atoms with E-state index in [0.717, 1.165) is 31.7 Å². The largest absolute Gasteiger partial charge is 0.455 e. The summed E-state index contributed by atoms with van der Waals surface area (Å²) in [6.45, 7) is 10.1. The number of ether oxygens (including phenoxy) is 1. The molecule has 2 aliphatic rings. The third-order valence-electron chi connectivity index (χ3n) is 8.75. The fraction of sp³-hybridized carbons (Fsp3) is 0.486. The van der Waals surface area contributed by atoms with Gasteiger partial charge in [0.2, 0.25) is 18.2 Å². The second-order valence-electron chi connectivity index (χ2n) is 12.2. The number of carbonyl (C=O) groups is 4. The monoisotopic (exact) mass is 617 g/mol. The first kappa shape index (κ1) is 33.7. The van der Waals surface area contributed by atoms with E-state index in [1.807, 2.05) is 50.2 Å². The van der Waals surface area contributed by atoms with E-state index in [0.29, 0.717) is 37.9 Å². The van der Waals surface area contributed by atoms with E-state index in [2.05, 4.69) is 39.4 Å². The van der Waals surface area contributed by atoms with Crippen LogP contribution in [0.15, 0.2) is 72.3 Å². The van der Waals surface area contributed by atoms with Crippen LogP contribution in [0.5, 0.6) is 0 Å². The van der Waals surface area contributed by atoms with Crippen molar-refractivity contribution >= 4 is 29.9 Å². The summed E-state index contributed by atoms with van der Waals surface area (Å²) in [5.41, 5.74) is 2.61. The Hall–Kier alpha value is -4.18. The van der Waals surface area contributed by atoms with Crippen molar-refractivity contribution in [3.8, 4) is 0 Å². The predicted molar refractivity (Wildman–Crippen MR) is 174 cm³/mol. The Bertz CT molecular complexity index is 1310. The SMILES string of the molecule is C/C(=C\C(C(C)C)N(C)C(=O)CNC=O)C(=O)N1CCC[C@H]1C(=O)OC(CN1CCN(c2ccccc2)CC1)c1ccccc1. The lowest BCUT2D eigenvalue weighted by molar-refractivity contribution is -0.158. The number of piperazine rings is 1. The van der Waals surface area contributed by atoms with Crippen LogP contribution in [0.4, 0.5) is 5.69 Å². The number of likely N-dealkylation sites (N-methyl/N-ethyl adjacent to an activating group) is 1. The van der Waals surface area contributed by atoms with Gasteiger partial charge in [-0.05, 0) is 43.4 Å². The quantitative estimate of drug-likeness (QED) is 0.209. The van der Waals surface area contributed by atoms with E-state index in [9.17, 15) is 19.2 Å². The van der Waals surface area contributed by atoms with Crippen LogP contribution >= 0.6 is 0 Å². The van der Waals surface area contributed by atoms with E-state index in [1.54, 1.807) is 24.9 Å². The third-order valence-corrected chi connectivity index (χ3v) is 8.75. The van der Waals surface area contributed by atoms with Gasteiger partial charge in [0.25, 0.3) is 0 Å². The summed E-state index contributed by atoms with van der Waals surface area (Å²) < 4.78 is 6.23. The molecule has 2 unspecified atom stereocenters. The lowest BCUT2D eigenvalue weighted by Crippen LogP contribution is -2.48. The lowest BCUT2D eigenvalue weighted by Gasteiger charge is -2.37. The highest BCUT2D eigenvalue weighted by Crippen LogP contribution is 2.27. The molecule has 242 valence electrons. The second kappa shape index (κ2) is 16.2. The summed E-state index contributed by atoms with van der Waals surface area (Å²) >= 11 is 0. The summed E-state index contributed by atoms with van der Waals surface area (Å²) in [6.07, 6.45) is 3.06. The zero-order chi connectivity index (χ0) is 32.3. The van der Waals surface area contributed by atoms with Crippen LogP contribution in [0.1, 0.15) is 45.3 Å². The van der Waals surface area contributed by atoms with Gasteiger partial charge in [0.05, 0.1) is 12.6 Å². The Morgan fingerprint density at radius 3 is 2.24 bits per heavy atom. The first-order valence-electron chi connectivity index (χ1n) is 15.9. The predicted octanol–water partition coefficient (Wildman–Crippen LogP) is 3.26. The van der Waals surface area contributed by atoms with Gasteiger partial charge in [0.1, 0.15) is 12.1 Å². The van der Waals surface area contributed by atoms with E-state index < -0.39 is 18.1 Å². The molecule has 10 nitrogen and oxygen atoms in total. The van der Waals surface area contributed by atoms with Crippen molar-refractivity contribution in [3.05, 3.63) is 77.9 Å². The molecule has 3 atom stereocenters. The van der Waals surface area contributed by atoms with Crippen molar-refractivity contribution in [3.63, 3.8) is 0 Å². The number of amides is 3. The van der Waals surface area contributed by atoms with Crippen LogP contribution in [0.2, 0.25) is 0 Å². The molecule has 2 saturated heterocycles. The van der Waals surface area contributed by atoms with E-state index in [-0.39, 0.29) is 30.3 Å². The average molecular weight is 618 g/mol. The van der Waals surface area contributed by atoms with E-state index in [4.69, 9.17) is 4.74 Å². The van der Waals surface area contributed by atoms with Gasteiger partial charge in [0, 0.05) is 57.6 Å². The van der Waals surface area contributed by atoms with Crippen molar-refractivity contribution < 1.29 is 23.9 Å². The zero-order valence-corrected chi connectivity index (χ0v) is 26.9. The van der Waals surface area contributed by atoms with Crippen molar-refractivity contribution in [1.82, 2.24) is 20.0 Å². The van der Waals surface area contributed by atoms with Crippen LogP contribution in [0.3, 0.4) is 0 Å². The fourth-order valence-corrected chi connectivity index (χ4v) is 6.14. The fourth-order valence-electron chi connectivity index (χ4n) is 6.14. The normalized spacial score (nSPS) is 18.8. The minimum atomic E-state index is -0.671. The zero-order valence-electron chi connectivity index (χ0n) is 26.9. The Morgan fingerprint density at radius 1 is 0.978 bits per heavy atom. The van der Waals surface area contributed by atoms with Gasteiger partial charge in [-0.25, -0.2) is 4.79 Å². The molecule has 2 heterocycles. The number of anilines is 1. The van der Waals surface area contributed by atoms with E-state index >= 15 is 0 Å². The minimum Gasteiger partial charge on any atom is -0.455 e. The summed E-state index contributed by atoms with van der Waals surface area (Å²) in [7, 11) is 1.66. The lowest BCUT2D eigenvalue weighted by atomic mass is 9.99. The summed E-state index contributed by atoms with van der Waals surface area (Å²) in [6, 6.07) is 19.2. The summed E-state index contributed by atoms with van der Waals surface area (Å²) in [5, 5.41) is 2.40. The topological polar surface area (TPSA) is 102 Å². The first-order valence-corrected chi connectivity index (χ1v) is 15.9. The third kappa shape index (κ3) is 8.94. The standard InChI is InChI=1S/C35H47N5O5/c1-26(2)31(37(4)33(42)23-36-25-41)22-27(3)34(43)40-17-11-16-30(40)35(44)45-32(28-12-7-5-8-13-28)24-38-18-20-39(21-19-38)29-14-9-6-10-15-29/h5-10,12-15,22,25-26,30-32H,11,16-21,23-24H2,1-4H3,(H,36,41)/b27-22+/t30-,31?,32?/m0/s1. The molecule has 2 aromatic rings. The molecule has 45 heavy (non-hydrogen) atoms. The average Bonchev–Trinajstić information content (AvgIpc) is 3.56. The van der Waals surface area contributed by atoms with Gasteiger partial charge >= 0.3 is 5.97 Å². The maximum Gasteiger partial charge on any atom is 0.329 e. The van der Waals surface area contributed by atoms with Gasteiger partial charge in [-0.15, -0.1) is 0 Å². The number of para-hydroxylation sites is 1. The molecule has 1 N–H and O–H groups in total. The Balaban J connectivity index is 1.43. The number of esters is 1. The molecule has 0 bridgehead atoms. The number of nitrogens with one attached hydrogen (secondary N) is 1. The molecule has 10 heteroatoms. The number of carbonyl (C=O) groups excluding carboxylic acids is 4. The molecule has 0 radical (unpaired) electrons. The number of nitrogens with zero attached hydrogens (tertiary/aromatic N) is 4. The Kier molecular flexibility index (Phi) is 12.2. The molecule has 2 aliphatic heterocycles. The highest BCUT2D eigenvalue weighted by Gasteiger charge is 2.38. The highest BCUT2D eigenvalue weighted by atomic mass is 16.5. The molecule has 2 fully saturated rings. The van der Waals surface area contributed by atoms with Crippen molar-refractivity contribution in [2.75, 3.05) is 57.8 Å². The maximum atomic E-state index is 13.7. The van der Waals surface area contributed by atoms with Crippen molar-refractivity contribution in [1.29, 1.82) is 0 Å². The molecule has 0 saturated carbocycles. The Labute approximate surface area is 267 Å². The summed E-state index contributed by atoms with van der Waals surface area (Å²) in [4.78, 5) is 58.5. The maximum absolute atomic E-state index is 13.7. The molecular formula is C35H47N5O5. The molecular weight excluding hydrogens is 570 g/mol. The van der Waals surface area contributed by atoms with Crippen LogP contribution < -0.4 is 10.2 Å². The number of rotatable bonds is 13. The van der Waals surface area contributed by atoms with Crippen LogP contribution in [-0.2, 0) is 23.9 Å². The van der Waals surface area contributed by atoms with Crippen LogP contribution in [-0.4, -0.2) is 104 Å². The number of likely N-dealkylation sites (tertiary alicyclic amines) is 1. The number of hydrogen-bond donors (Lipinski definition) is 1. The van der Waals surface area contributed by atoms with Gasteiger partial charge in [-0.2, -0.15) is 0 Å². The van der Waals surface area contributed by atoms with Crippen LogP contribution in [0, 0.1) is 5.92 Å². The minimum absolute atomic E-state index is 0.0264. The first-order chi connectivity index (χ1) is 21.7. The smallest absolute Gasteiger partial charge is 0.329 e. The van der Waals surface area contributed by atoms with Crippen molar-refractivity contribution in [2.24, 2.45) is 5.92 Å². The van der Waals surface area contributed by atoms with Crippen molar-refractivity contribution in [2.45, 2.75) is 51.8 Å². The molecule has 0 spiro atoms. The second-order valence-corrected chi connectivity index (χ2v) is 12.2. The molecule has 3 amide bonds. The van der Waals surface area contributed by atoms with Gasteiger partial charge in [0.15, 0.2) is 0 Å². The summed E-state index contributed by atoms with van der Waals surface area (Å²) in [5.74, 6) is -0.856. The van der Waals surface area contributed by atoms with Gasteiger partial charge in [-0.1, -0.05) is 68.5 Å². The molecule has 0 aromatic heterocycles. The molecule has 2 aromatic carbocycles. The number of hydrogen-bond acceptors (Lipinski definition) is 7.